The van der Waals surface area contributed by atoms with Crippen LogP contribution < -0.4 is 11.1 Å². The number of nitrogens with one attached hydrogen (secondary N) is 1. The molecule has 3 aromatic rings. The maximum atomic E-state index is 12.9. The molecular formula is C23H25N5O2. The summed E-state index contributed by atoms with van der Waals surface area (Å²) in [6.45, 7) is 4.38. The Labute approximate surface area is 175 Å². The average molecular weight is 403 g/mol. The Morgan fingerprint density at radius 1 is 1.07 bits per heavy atom. The predicted molar refractivity (Wildman–Crippen MR) is 115 cm³/mol. The number of fused-ring (bicyclic) bond motifs is 1. The summed E-state index contributed by atoms with van der Waals surface area (Å²) in [6, 6.07) is 17.2. The number of hydrogen-bond acceptors (Lipinski definition) is 4. The summed E-state index contributed by atoms with van der Waals surface area (Å²) in [5.41, 5.74) is 11.1. The van der Waals surface area contributed by atoms with E-state index in [4.69, 9.17) is 5.73 Å². The molecule has 0 saturated heterocycles. The van der Waals surface area contributed by atoms with Gasteiger partial charge in [-0.3, -0.25) is 14.5 Å². The van der Waals surface area contributed by atoms with Crippen LogP contribution >= 0.6 is 0 Å². The number of nitrogens with two attached hydrogens (primary N) is 1. The van der Waals surface area contributed by atoms with Gasteiger partial charge in [0.15, 0.2) is 0 Å². The Hall–Kier alpha value is -3.45. The number of aryl methyl sites for hydroxylation is 1. The van der Waals surface area contributed by atoms with Gasteiger partial charge in [-0.05, 0) is 43.5 Å². The molecule has 1 aliphatic rings. The first kappa shape index (κ1) is 19.8. The zero-order valence-electron chi connectivity index (χ0n) is 17.1. The van der Waals surface area contributed by atoms with Gasteiger partial charge in [-0.25, -0.2) is 4.68 Å². The van der Waals surface area contributed by atoms with Gasteiger partial charge in [0, 0.05) is 6.54 Å². The number of nitrogens with zero attached hydrogens (tertiary/aromatic N) is 3. The highest BCUT2D eigenvalue weighted by Gasteiger charge is 2.31. The maximum absolute atomic E-state index is 12.9. The van der Waals surface area contributed by atoms with Crippen molar-refractivity contribution in [2.45, 2.75) is 32.9 Å². The number of carbonyl (C=O) groups excluding carboxylic acids is 2. The van der Waals surface area contributed by atoms with Gasteiger partial charge >= 0.3 is 0 Å². The third-order valence-corrected chi connectivity index (χ3v) is 5.58. The maximum Gasteiger partial charge on any atom is 0.238 e. The second-order valence-corrected chi connectivity index (χ2v) is 7.64. The van der Waals surface area contributed by atoms with Gasteiger partial charge < -0.3 is 11.1 Å². The van der Waals surface area contributed by atoms with Gasteiger partial charge in [0.1, 0.15) is 0 Å². The highest BCUT2D eigenvalue weighted by molar-refractivity contribution is 5.94. The van der Waals surface area contributed by atoms with E-state index < -0.39 is 11.9 Å². The molecule has 1 aromatic heterocycles. The largest absolute Gasteiger partial charge is 0.368 e. The second kappa shape index (κ2) is 8.12. The molecule has 1 aliphatic heterocycles. The van der Waals surface area contributed by atoms with E-state index in [1.54, 1.807) is 0 Å². The van der Waals surface area contributed by atoms with Crippen molar-refractivity contribution in [3.05, 3.63) is 77.1 Å². The third-order valence-electron chi connectivity index (χ3n) is 5.58. The molecule has 3 N–H and O–H groups in total. The number of benzene rings is 2. The lowest BCUT2D eigenvalue weighted by molar-refractivity contribution is -0.125. The second-order valence-electron chi connectivity index (χ2n) is 7.64. The molecule has 7 heteroatoms. The van der Waals surface area contributed by atoms with Crippen LogP contribution in [0.5, 0.6) is 0 Å². The Morgan fingerprint density at radius 2 is 1.73 bits per heavy atom. The zero-order valence-corrected chi connectivity index (χ0v) is 17.1. The summed E-state index contributed by atoms with van der Waals surface area (Å²) in [4.78, 5) is 26.7. The highest BCUT2D eigenvalue weighted by atomic mass is 16.2. The number of hydrogen-bond donors (Lipinski definition) is 2. The Balaban J connectivity index is 1.52. The van der Waals surface area contributed by atoms with Crippen molar-refractivity contribution < 1.29 is 9.59 Å². The fourth-order valence-electron chi connectivity index (χ4n) is 4.03. The molecule has 1 atom stereocenters. The van der Waals surface area contributed by atoms with Crippen LogP contribution in [-0.2, 0) is 22.6 Å². The smallest absolute Gasteiger partial charge is 0.238 e. The van der Waals surface area contributed by atoms with Crippen molar-refractivity contribution in [3.8, 4) is 5.69 Å². The number of anilines is 1. The summed E-state index contributed by atoms with van der Waals surface area (Å²) >= 11 is 0. The number of carbonyl (C=O) groups is 2. The van der Waals surface area contributed by atoms with Crippen molar-refractivity contribution in [1.82, 2.24) is 14.7 Å². The molecule has 0 radical (unpaired) electrons. The SMILES string of the molecule is Cc1nn(-c2ccccc2)c(C)c1NC(=O)CN1Cc2ccccc2C[C@H]1C(N)=O. The van der Waals surface area contributed by atoms with Gasteiger partial charge in [-0.1, -0.05) is 42.5 Å². The van der Waals surface area contributed by atoms with Gasteiger partial charge in [0.05, 0.1) is 35.3 Å². The summed E-state index contributed by atoms with van der Waals surface area (Å²) in [5.74, 6) is -0.610. The lowest BCUT2D eigenvalue weighted by Crippen LogP contribution is -2.50. The number of para-hydroxylation sites is 1. The Morgan fingerprint density at radius 3 is 2.43 bits per heavy atom. The minimum absolute atomic E-state index is 0.0807. The molecule has 4 rings (SSSR count). The fraction of sp³-hybridized carbons (Fsp3) is 0.261. The highest BCUT2D eigenvalue weighted by Crippen LogP contribution is 2.25. The molecule has 0 fully saturated rings. The van der Waals surface area contributed by atoms with E-state index >= 15 is 0 Å². The molecule has 0 aliphatic carbocycles. The van der Waals surface area contributed by atoms with E-state index in [2.05, 4.69) is 10.4 Å². The molecule has 2 heterocycles. The molecule has 2 aromatic carbocycles. The molecule has 154 valence electrons. The summed E-state index contributed by atoms with van der Waals surface area (Å²) in [5, 5.41) is 7.55. The van der Waals surface area contributed by atoms with Gasteiger partial charge in [-0.2, -0.15) is 5.10 Å². The van der Waals surface area contributed by atoms with Crippen LogP contribution in [0.2, 0.25) is 0 Å². The lowest BCUT2D eigenvalue weighted by atomic mass is 9.93. The monoisotopic (exact) mass is 403 g/mol. The summed E-state index contributed by atoms with van der Waals surface area (Å²) in [6.07, 6.45) is 0.517. The zero-order chi connectivity index (χ0) is 21.3. The molecule has 30 heavy (non-hydrogen) atoms. The first-order valence-electron chi connectivity index (χ1n) is 9.95. The number of amides is 2. The topological polar surface area (TPSA) is 93.2 Å². The van der Waals surface area contributed by atoms with Gasteiger partial charge in [0.2, 0.25) is 11.8 Å². The number of rotatable bonds is 5. The van der Waals surface area contributed by atoms with E-state index in [9.17, 15) is 9.59 Å². The van der Waals surface area contributed by atoms with E-state index in [1.807, 2.05) is 78.0 Å². The van der Waals surface area contributed by atoms with Crippen LogP contribution in [0.15, 0.2) is 54.6 Å². The van der Waals surface area contributed by atoms with Crippen LogP contribution in [0, 0.1) is 13.8 Å². The molecule has 0 saturated carbocycles. The van der Waals surface area contributed by atoms with Crippen molar-refractivity contribution in [2.24, 2.45) is 5.73 Å². The van der Waals surface area contributed by atoms with Crippen molar-refractivity contribution in [2.75, 3.05) is 11.9 Å². The Kier molecular flexibility index (Phi) is 5.37. The average Bonchev–Trinajstić information content (AvgIpc) is 3.02. The first-order valence-corrected chi connectivity index (χ1v) is 9.95. The van der Waals surface area contributed by atoms with E-state index in [-0.39, 0.29) is 12.5 Å². The lowest BCUT2D eigenvalue weighted by Gasteiger charge is -2.34. The fourth-order valence-corrected chi connectivity index (χ4v) is 4.03. The minimum Gasteiger partial charge on any atom is -0.368 e. The van der Waals surface area contributed by atoms with Gasteiger partial charge in [-0.15, -0.1) is 0 Å². The van der Waals surface area contributed by atoms with Gasteiger partial charge in [0.25, 0.3) is 0 Å². The standard InChI is InChI=1S/C23H25N5O2/c1-15-22(16(2)28(26-15)19-10-4-3-5-11-19)25-21(29)14-27-13-18-9-7-6-8-17(18)12-20(27)23(24)30/h3-11,20H,12-14H2,1-2H3,(H2,24,30)(H,25,29)/t20-/m0/s1. The molecule has 7 nitrogen and oxygen atoms in total. The van der Waals surface area contributed by atoms with Crippen LogP contribution in [-0.4, -0.2) is 39.1 Å². The molecule has 0 unspecified atom stereocenters. The van der Waals surface area contributed by atoms with Crippen LogP contribution in [0.1, 0.15) is 22.5 Å². The van der Waals surface area contributed by atoms with Crippen LogP contribution in [0.3, 0.4) is 0 Å². The van der Waals surface area contributed by atoms with E-state index in [1.165, 1.54) is 0 Å². The number of aromatic nitrogens is 2. The molecule has 0 bridgehead atoms. The minimum atomic E-state index is -0.500. The van der Waals surface area contributed by atoms with E-state index in [0.29, 0.717) is 18.7 Å². The summed E-state index contributed by atoms with van der Waals surface area (Å²) < 4.78 is 1.81. The van der Waals surface area contributed by atoms with Crippen LogP contribution in [0.25, 0.3) is 5.69 Å². The summed E-state index contributed by atoms with van der Waals surface area (Å²) in [7, 11) is 0. The normalized spacial score (nSPS) is 16.1. The van der Waals surface area contributed by atoms with Crippen molar-refractivity contribution in [1.29, 1.82) is 0 Å². The third kappa shape index (κ3) is 3.84. The Bertz CT molecular complexity index is 1090. The molecule has 2 amide bonds. The quantitative estimate of drug-likeness (QED) is 0.684. The van der Waals surface area contributed by atoms with E-state index in [0.717, 1.165) is 28.2 Å². The van der Waals surface area contributed by atoms with Crippen molar-refractivity contribution in [3.63, 3.8) is 0 Å². The predicted octanol–water partition coefficient (Wildman–Crippen LogP) is 2.34. The van der Waals surface area contributed by atoms with Crippen molar-refractivity contribution >= 4 is 17.5 Å². The number of primary amides is 1. The van der Waals surface area contributed by atoms with Crippen LogP contribution in [0.4, 0.5) is 5.69 Å². The molecule has 0 spiro atoms. The molecular weight excluding hydrogens is 378 g/mol. The first-order chi connectivity index (χ1) is 14.4.